The Morgan fingerprint density at radius 2 is 2.13 bits per heavy atom. The van der Waals surface area contributed by atoms with Gasteiger partial charge in [0.2, 0.25) is 0 Å². The van der Waals surface area contributed by atoms with Crippen molar-refractivity contribution >= 4 is 11.6 Å². The van der Waals surface area contributed by atoms with E-state index >= 15 is 0 Å². The zero-order chi connectivity index (χ0) is 16.4. The van der Waals surface area contributed by atoms with Crippen LogP contribution in [0.25, 0.3) is 0 Å². The standard InChI is InChI=1S/C19H23N3O/c1-12(2)14-6-16(11-21-9-14)19(23)22-17-4-5-18-13(3)8-20-10-15(18)7-17/h4-7,9,11-13,20H,8,10H2,1-3H3,(H,22,23)/t13-/m0/s1. The number of fused-ring (bicyclic) bond motifs is 1. The lowest BCUT2D eigenvalue weighted by Crippen LogP contribution is -2.26. The van der Waals surface area contributed by atoms with Gasteiger partial charge in [0.05, 0.1) is 5.56 Å². The Kier molecular flexibility index (Phi) is 4.44. The number of amides is 1. The van der Waals surface area contributed by atoms with E-state index < -0.39 is 0 Å². The smallest absolute Gasteiger partial charge is 0.257 e. The van der Waals surface area contributed by atoms with Crippen LogP contribution in [0.3, 0.4) is 0 Å². The number of anilines is 1. The van der Waals surface area contributed by atoms with Crippen LogP contribution in [0.4, 0.5) is 5.69 Å². The van der Waals surface area contributed by atoms with E-state index in [1.165, 1.54) is 11.1 Å². The molecule has 0 bridgehead atoms. The van der Waals surface area contributed by atoms with E-state index in [9.17, 15) is 4.79 Å². The molecule has 0 fully saturated rings. The van der Waals surface area contributed by atoms with Crippen molar-refractivity contribution in [3.63, 3.8) is 0 Å². The largest absolute Gasteiger partial charge is 0.322 e. The molecule has 0 spiro atoms. The highest BCUT2D eigenvalue weighted by Gasteiger charge is 2.16. The minimum Gasteiger partial charge on any atom is -0.322 e. The highest BCUT2D eigenvalue weighted by atomic mass is 16.1. The van der Waals surface area contributed by atoms with Crippen molar-refractivity contribution in [3.8, 4) is 0 Å². The van der Waals surface area contributed by atoms with E-state index in [0.29, 0.717) is 17.4 Å². The molecule has 1 aromatic heterocycles. The molecule has 120 valence electrons. The summed E-state index contributed by atoms with van der Waals surface area (Å²) in [7, 11) is 0. The van der Waals surface area contributed by atoms with Crippen LogP contribution in [0.5, 0.6) is 0 Å². The fourth-order valence-corrected chi connectivity index (χ4v) is 2.95. The molecular formula is C19H23N3O. The number of carbonyl (C=O) groups is 1. The summed E-state index contributed by atoms with van der Waals surface area (Å²) in [5.41, 5.74) is 5.13. The molecule has 0 saturated heterocycles. The Labute approximate surface area is 137 Å². The van der Waals surface area contributed by atoms with Crippen LogP contribution < -0.4 is 10.6 Å². The highest BCUT2D eigenvalue weighted by Crippen LogP contribution is 2.26. The number of carbonyl (C=O) groups excluding carboxylic acids is 1. The van der Waals surface area contributed by atoms with Crippen LogP contribution in [0.15, 0.2) is 36.7 Å². The monoisotopic (exact) mass is 309 g/mol. The Morgan fingerprint density at radius 1 is 1.30 bits per heavy atom. The number of nitrogens with zero attached hydrogens (tertiary/aromatic N) is 1. The summed E-state index contributed by atoms with van der Waals surface area (Å²) in [4.78, 5) is 16.6. The van der Waals surface area contributed by atoms with Gasteiger partial charge >= 0.3 is 0 Å². The van der Waals surface area contributed by atoms with Gasteiger partial charge < -0.3 is 10.6 Å². The van der Waals surface area contributed by atoms with Gasteiger partial charge in [-0.3, -0.25) is 9.78 Å². The third-order valence-corrected chi connectivity index (χ3v) is 4.39. The van der Waals surface area contributed by atoms with Crippen LogP contribution in [-0.2, 0) is 6.54 Å². The molecule has 3 rings (SSSR count). The van der Waals surface area contributed by atoms with Crippen LogP contribution in [0, 0.1) is 0 Å². The lowest BCUT2D eigenvalue weighted by Gasteiger charge is -2.24. The number of hydrogen-bond donors (Lipinski definition) is 2. The molecule has 1 aliphatic heterocycles. The van der Waals surface area contributed by atoms with Crippen LogP contribution in [0.2, 0.25) is 0 Å². The Morgan fingerprint density at radius 3 is 2.91 bits per heavy atom. The van der Waals surface area contributed by atoms with E-state index in [0.717, 1.165) is 24.3 Å². The van der Waals surface area contributed by atoms with Gasteiger partial charge in [0.1, 0.15) is 0 Å². The van der Waals surface area contributed by atoms with E-state index in [2.05, 4.69) is 48.5 Å². The van der Waals surface area contributed by atoms with Crippen molar-refractivity contribution in [1.82, 2.24) is 10.3 Å². The fraction of sp³-hybridized carbons (Fsp3) is 0.368. The third kappa shape index (κ3) is 3.42. The number of hydrogen-bond acceptors (Lipinski definition) is 3. The van der Waals surface area contributed by atoms with E-state index in [1.54, 1.807) is 6.20 Å². The number of nitrogens with one attached hydrogen (secondary N) is 2. The molecule has 2 aromatic rings. The SMILES string of the molecule is CC(C)c1cncc(C(=O)Nc2ccc3c(c2)CNC[C@@H]3C)c1. The summed E-state index contributed by atoms with van der Waals surface area (Å²) in [6.45, 7) is 8.26. The van der Waals surface area contributed by atoms with Crippen LogP contribution in [0.1, 0.15) is 59.7 Å². The van der Waals surface area contributed by atoms with E-state index in [-0.39, 0.29) is 5.91 Å². The highest BCUT2D eigenvalue weighted by molar-refractivity contribution is 6.04. The molecule has 2 N–H and O–H groups in total. The second-order valence-electron chi connectivity index (χ2n) is 6.56. The van der Waals surface area contributed by atoms with Gasteiger partial charge in [-0.25, -0.2) is 0 Å². The van der Waals surface area contributed by atoms with Gasteiger partial charge in [0.15, 0.2) is 0 Å². The first-order valence-corrected chi connectivity index (χ1v) is 8.14. The summed E-state index contributed by atoms with van der Waals surface area (Å²) in [5, 5.41) is 6.38. The summed E-state index contributed by atoms with van der Waals surface area (Å²) < 4.78 is 0. The number of pyridine rings is 1. The molecular weight excluding hydrogens is 286 g/mol. The van der Waals surface area contributed by atoms with E-state index in [4.69, 9.17) is 0 Å². The van der Waals surface area contributed by atoms with Gasteiger partial charge in [0.25, 0.3) is 5.91 Å². The average molecular weight is 309 g/mol. The quantitative estimate of drug-likeness (QED) is 0.909. The third-order valence-electron chi connectivity index (χ3n) is 4.39. The molecule has 0 unspecified atom stereocenters. The van der Waals surface area contributed by atoms with Gasteiger partial charge in [-0.1, -0.05) is 26.8 Å². The summed E-state index contributed by atoms with van der Waals surface area (Å²) in [5.74, 6) is 0.749. The molecule has 23 heavy (non-hydrogen) atoms. The number of rotatable bonds is 3. The molecule has 4 nitrogen and oxygen atoms in total. The Bertz CT molecular complexity index is 724. The molecule has 2 heterocycles. The van der Waals surface area contributed by atoms with Gasteiger partial charge in [-0.2, -0.15) is 0 Å². The molecule has 4 heteroatoms. The Balaban J connectivity index is 1.79. The van der Waals surface area contributed by atoms with E-state index in [1.807, 2.05) is 18.3 Å². The zero-order valence-electron chi connectivity index (χ0n) is 13.9. The maximum absolute atomic E-state index is 12.5. The van der Waals surface area contributed by atoms with Crippen LogP contribution in [-0.4, -0.2) is 17.4 Å². The lowest BCUT2D eigenvalue weighted by atomic mass is 9.92. The minimum atomic E-state index is -0.114. The second kappa shape index (κ2) is 6.50. The molecule has 0 aliphatic carbocycles. The zero-order valence-corrected chi connectivity index (χ0v) is 13.9. The predicted octanol–water partition coefficient (Wildman–Crippen LogP) is 3.66. The minimum absolute atomic E-state index is 0.114. The van der Waals surface area contributed by atoms with Crippen molar-refractivity contribution in [2.45, 2.75) is 39.2 Å². The van der Waals surface area contributed by atoms with Crippen molar-refractivity contribution in [2.75, 3.05) is 11.9 Å². The first-order chi connectivity index (χ1) is 11.0. The van der Waals surface area contributed by atoms with Crippen molar-refractivity contribution in [2.24, 2.45) is 0 Å². The van der Waals surface area contributed by atoms with Gasteiger partial charge in [-0.05, 0) is 46.7 Å². The van der Waals surface area contributed by atoms with Crippen molar-refractivity contribution in [3.05, 3.63) is 58.9 Å². The van der Waals surface area contributed by atoms with Gasteiger partial charge in [-0.15, -0.1) is 0 Å². The topological polar surface area (TPSA) is 54.0 Å². The maximum Gasteiger partial charge on any atom is 0.257 e. The summed E-state index contributed by atoms with van der Waals surface area (Å²) in [6.07, 6.45) is 3.43. The second-order valence-corrected chi connectivity index (χ2v) is 6.56. The van der Waals surface area contributed by atoms with Crippen molar-refractivity contribution in [1.29, 1.82) is 0 Å². The van der Waals surface area contributed by atoms with Crippen LogP contribution >= 0.6 is 0 Å². The summed E-state index contributed by atoms with van der Waals surface area (Å²) >= 11 is 0. The number of aromatic nitrogens is 1. The molecule has 1 aromatic carbocycles. The Hall–Kier alpha value is -2.20. The summed E-state index contributed by atoms with van der Waals surface area (Å²) in [6, 6.07) is 8.09. The normalized spacial score (nSPS) is 17.0. The molecule has 0 radical (unpaired) electrons. The molecule has 0 saturated carbocycles. The average Bonchev–Trinajstić information content (AvgIpc) is 2.55. The first kappa shape index (κ1) is 15.7. The van der Waals surface area contributed by atoms with Gasteiger partial charge in [0, 0.05) is 31.2 Å². The fourth-order valence-electron chi connectivity index (χ4n) is 2.95. The molecule has 1 amide bonds. The lowest BCUT2D eigenvalue weighted by molar-refractivity contribution is 0.102. The number of benzene rings is 1. The van der Waals surface area contributed by atoms with Crippen molar-refractivity contribution < 1.29 is 4.79 Å². The maximum atomic E-state index is 12.5. The molecule has 1 aliphatic rings. The first-order valence-electron chi connectivity index (χ1n) is 8.14. The predicted molar refractivity (Wildman–Crippen MR) is 92.8 cm³/mol. The molecule has 1 atom stereocenters.